The summed E-state index contributed by atoms with van der Waals surface area (Å²) in [6.07, 6.45) is 1.16. The van der Waals surface area contributed by atoms with Gasteiger partial charge in [0.2, 0.25) is 5.91 Å². The average molecular weight is 371 g/mol. The molecule has 0 fully saturated rings. The third-order valence-corrected chi connectivity index (χ3v) is 4.45. The summed E-state index contributed by atoms with van der Waals surface area (Å²) in [5.41, 5.74) is 2.04. The maximum absolute atomic E-state index is 12.2. The van der Waals surface area contributed by atoms with Gasteiger partial charge in [-0.15, -0.1) is 0 Å². The lowest BCUT2D eigenvalue weighted by atomic mass is 10.1. The van der Waals surface area contributed by atoms with Crippen LogP contribution in [-0.2, 0) is 17.8 Å². The summed E-state index contributed by atoms with van der Waals surface area (Å²) in [5, 5.41) is 1.93. The summed E-state index contributed by atoms with van der Waals surface area (Å²) in [5.74, 6) is 0.116. The normalized spacial score (nSPS) is 10.6. The Balaban J connectivity index is 2.06. The summed E-state index contributed by atoms with van der Waals surface area (Å²) >= 11 is 18.0. The van der Waals surface area contributed by atoms with E-state index < -0.39 is 0 Å². The van der Waals surface area contributed by atoms with Crippen LogP contribution in [0.3, 0.4) is 0 Å². The van der Waals surface area contributed by atoms with E-state index in [9.17, 15) is 4.79 Å². The van der Waals surface area contributed by atoms with E-state index in [1.54, 1.807) is 6.07 Å². The van der Waals surface area contributed by atoms with Crippen LogP contribution < -0.4 is 0 Å². The monoisotopic (exact) mass is 369 g/mol. The Hall–Kier alpha value is -1.22. The molecule has 0 aliphatic carbocycles. The second-order valence-electron chi connectivity index (χ2n) is 5.28. The van der Waals surface area contributed by atoms with Crippen molar-refractivity contribution in [2.24, 2.45) is 0 Å². The number of nitrogens with zero attached hydrogens (tertiary/aromatic N) is 1. The van der Waals surface area contributed by atoms with Gasteiger partial charge in [-0.25, -0.2) is 0 Å². The molecule has 2 aromatic rings. The van der Waals surface area contributed by atoms with Gasteiger partial charge >= 0.3 is 0 Å². The lowest BCUT2D eigenvalue weighted by Crippen LogP contribution is -2.31. The van der Waals surface area contributed by atoms with Crippen LogP contribution in [0.25, 0.3) is 0 Å². The second kappa shape index (κ2) is 8.58. The molecule has 23 heavy (non-hydrogen) atoms. The Kier molecular flexibility index (Phi) is 6.76. The summed E-state index contributed by atoms with van der Waals surface area (Å²) in [6, 6.07) is 13.0. The van der Waals surface area contributed by atoms with Gasteiger partial charge in [0, 0.05) is 34.6 Å². The van der Waals surface area contributed by atoms with Crippen molar-refractivity contribution >= 4 is 40.7 Å². The zero-order valence-corrected chi connectivity index (χ0v) is 15.1. The van der Waals surface area contributed by atoms with Crippen molar-refractivity contribution in [3.63, 3.8) is 0 Å². The fourth-order valence-corrected chi connectivity index (χ4v) is 2.93. The fourth-order valence-electron chi connectivity index (χ4n) is 2.31. The highest BCUT2D eigenvalue weighted by Crippen LogP contribution is 2.22. The largest absolute Gasteiger partial charge is 0.338 e. The van der Waals surface area contributed by atoms with Crippen LogP contribution in [-0.4, -0.2) is 17.4 Å². The Labute approximate surface area is 152 Å². The maximum atomic E-state index is 12.2. The van der Waals surface area contributed by atoms with Crippen LogP contribution in [0.15, 0.2) is 42.5 Å². The van der Waals surface area contributed by atoms with E-state index in [1.807, 2.05) is 48.2 Å². The molecule has 1 amide bonds. The molecule has 122 valence electrons. The SMILES string of the molecule is CCC(=O)N(CCc1ccc(Cl)cc1Cl)Cc1ccc(Cl)cc1. The van der Waals surface area contributed by atoms with Gasteiger partial charge in [0.05, 0.1) is 0 Å². The number of rotatable bonds is 6. The molecule has 0 N–H and O–H groups in total. The van der Waals surface area contributed by atoms with Crippen molar-refractivity contribution < 1.29 is 4.79 Å². The second-order valence-corrected chi connectivity index (χ2v) is 6.56. The minimum Gasteiger partial charge on any atom is -0.338 e. The van der Waals surface area contributed by atoms with Crippen LogP contribution in [0.1, 0.15) is 24.5 Å². The third-order valence-electron chi connectivity index (χ3n) is 3.61. The first kappa shape index (κ1) is 18.1. The molecule has 0 heterocycles. The van der Waals surface area contributed by atoms with Crippen LogP contribution in [0, 0.1) is 0 Å². The van der Waals surface area contributed by atoms with Gasteiger partial charge in [-0.05, 0) is 41.8 Å². The van der Waals surface area contributed by atoms with Gasteiger partial charge < -0.3 is 4.90 Å². The summed E-state index contributed by atoms with van der Waals surface area (Å²) in [6.45, 7) is 3.04. The fraction of sp³-hybridized carbons (Fsp3) is 0.278. The number of carbonyl (C=O) groups excluding carboxylic acids is 1. The molecular formula is C18H18Cl3NO. The topological polar surface area (TPSA) is 20.3 Å². The first-order valence-electron chi connectivity index (χ1n) is 7.45. The first-order valence-corrected chi connectivity index (χ1v) is 8.59. The summed E-state index contributed by atoms with van der Waals surface area (Å²) < 4.78 is 0. The molecule has 0 aliphatic rings. The molecule has 0 bridgehead atoms. The molecule has 0 aromatic heterocycles. The van der Waals surface area contributed by atoms with Crippen molar-refractivity contribution in [1.82, 2.24) is 4.90 Å². The van der Waals surface area contributed by atoms with E-state index in [0.29, 0.717) is 41.0 Å². The Bertz CT molecular complexity index is 670. The molecule has 2 nitrogen and oxygen atoms in total. The first-order chi connectivity index (χ1) is 11.0. The highest BCUT2D eigenvalue weighted by atomic mass is 35.5. The standard InChI is InChI=1S/C18H18Cl3NO/c1-2-18(23)22(12-13-3-6-15(19)7-4-13)10-9-14-5-8-16(20)11-17(14)21/h3-8,11H,2,9-10,12H2,1H3. The number of carbonyl (C=O) groups is 1. The van der Waals surface area contributed by atoms with Crippen molar-refractivity contribution in [2.75, 3.05) is 6.54 Å². The van der Waals surface area contributed by atoms with Gasteiger partial charge in [0.1, 0.15) is 0 Å². The third kappa shape index (κ3) is 5.42. The van der Waals surface area contributed by atoms with Gasteiger partial charge in [0.25, 0.3) is 0 Å². The van der Waals surface area contributed by atoms with Gasteiger partial charge in [-0.3, -0.25) is 4.79 Å². The predicted molar refractivity (Wildman–Crippen MR) is 97.3 cm³/mol. The van der Waals surface area contributed by atoms with Crippen molar-refractivity contribution in [3.05, 3.63) is 68.7 Å². The molecule has 0 saturated carbocycles. The lowest BCUT2D eigenvalue weighted by Gasteiger charge is -2.23. The van der Waals surface area contributed by atoms with E-state index in [2.05, 4.69) is 0 Å². The molecule has 2 aromatic carbocycles. The Morgan fingerprint density at radius 1 is 1.00 bits per heavy atom. The van der Waals surface area contributed by atoms with Crippen LogP contribution in [0.4, 0.5) is 0 Å². The quantitative estimate of drug-likeness (QED) is 0.645. The number of benzene rings is 2. The molecule has 0 atom stereocenters. The number of halogens is 3. The minimum atomic E-state index is 0.116. The molecule has 5 heteroatoms. The van der Waals surface area contributed by atoms with Gasteiger partial charge in [-0.1, -0.05) is 59.9 Å². The predicted octanol–water partition coefficient (Wildman–Crippen LogP) is 5.63. The highest BCUT2D eigenvalue weighted by Gasteiger charge is 2.13. The average Bonchev–Trinajstić information content (AvgIpc) is 2.54. The lowest BCUT2D eigenvalue weighted by molar-refractivity contribution is -0.131. The van der Waals surface area contributed by atoms with E-state index >= 15 is 0 Å². The minimum absolute atomic E-state index is 0.116. The summed E-state index contributed by atoms with van der Waals surface area (Å²) in [4.78, 5) is 14.0. The van der Waals surface area contributed by atoms with E-state index in [0.717, 1.165) is 11.1 Å². The Morgan fingerprint density at radius 2 is 1.65 bits per heavy atom. The maximum Gasteiger partial charge on any atom is 0.222 e. The van der Waals surface area contributed by atoms with Crippen LogP contribution in [0.5, 0.6) is 0 Å². The zero-order chi connectivity index (χ0) is 16.8. The highest BCUT2D eigenvalue weighted by molar-refractivity contribution is 6.35. The van der Waals surface area contributed by atoms with E-state index in [-0.39, 0.29) is 5.91 Å². The molecular weight excluding hydrogens is 353 g/mol. The van der Waals surface area contributed by atoms with Crippen LogP contribution in [0.2, 0.25) is 15.1 Å². The zero-order valence-electron chi connectivity index (χ0n) is 12.9. The smallest absolute Gasteiger partial charge is 0.222 e. The summed E-state index contributed by atoms with van der Waals surface area (Å²) in [7, 11) is 0. The van der Waals surface area contributed by atoms with Crippen molar-refractivity contribution in [1.29, 1.82) is 0 Å². The van der Waals surface area contributed by atoms with E-state index in [1.165, 1.54) is 0 Å². The molecule has 0 unspecified atom stereocenters. The molecule has 0 saturated heterocycles. The van der Waals surface area contributed by atoms with Gasteiger partial charge in [0.15, 0.2) is 0 Å². The molecule has 0 aliphatic heterocycles. The molecule has 0 spiro atoms. The molecule has 0 radical (unpaired) electrons. The van der Waals surface area contributed by atoms with Crippen molar-refractivity contribution in [3.8, 4) is 0 Å². The van der Waals surface area contributed by atoms with E-state index in [4.69, 9.17) is 34.8 Å². The van der Waals surface area contributed by atoms with Crippen LogP contribution >= 0.6 is 34.8 Å². The van der Waals surface area contributed by atoms with Crippen molar-refractivity contribution in [2.45, 2.75) is 26.3 Å². The molecule has 2 rings (SSSR count). The Morgan fingerprint density at radius 3 is 2.26 bits per heavy atom. The van der Waals surface area contributed by atoms with Gasteiger partial charge in [-0.2, -0.15) is 0 Å². The number of hydrogen-bond donors (Lipinski definition) is 0. The number of amides is 1. The number of hydrogen-bond acceptors (Lipinski definition) is 1.